The number of carbonyl (C=O) groups excluding carboxylic acids is 1. The van der Waals surface area contributed by atoms with Crippen LogP contribution in [-0.4, -0.2) is 35.0 Å². The molecule has 0 atom stereocenters. The summed E-state index contributed by atoms with van der Waals surface area (Å²) in [5, 5.41) is 1.16. The summed E-state index contributed by atoms with van der Waals surface area (Å²) in [6, 6.07) is 12.4. The van der Waals surface area contributed by atoms with Crippen LogP contribution in [0.5, 0.6) is 5.19 Å². The van der Waals surface area contributed by atoms with Crippen LogP contribution in [0.3, 0.4) is 0 Å². The van der Waals surface area contributed by atoms with Crippen LogP contribution in [-0.2, 0) is 0 Å². The van der Waals surface area contributed by atoms with Crippen LogP contribution < -0.4 is 10.2 Å². The Balaban J connectivity index is 1.27. The first-order valence-electron chi connectivity index (χ1n) is 10.3. The average Bonchev–Trinajstić information content (AvgIpc) is 3.21. The lowest BCUT2D eigenvalue weighted by Crippen LogP contribution is -2.42. The van der Waals surface area contributed by atoms with Crippen LogP contribution in [0.15, 0.2) is 51.7 Å². The molecule has 1 aliphatic rings. The van der Waals surface area contributed by atoms with Crippen LogP contribution in [0.25, 0.3) is 21.2 Å². The molecule has 4 aromatic rings. The highest BCUT2D eigenvalue weighted by Crippen LogP contribution is 2.33. The number of amides is 1. The van der Waals surface area contributed by atoms with E-state index in [0.29, 0.717) is 42.1 Å². The smallest absolute Gasteiger partial charge is 0.289 e. The minimum Gasteiger partial charge on any atom is -0.467 e. The number of hydrogen-bond donors (Lipinski definition) is 0. The van der Waals surface area contributed by atoms with Gasteiger partial charge in [0.05, 0.1) is 15.6 Å². The lowest BCUT2D eigenvalue weighted by atomic mass is 10.1. The van der Waals surface area contributed by atoms with Crippen molar-refractivity contribution >= 4 is 38.4 Å². The summed E-state index contributed by atoms with van der Waals surface area (Å²) in [4.78, 5) is 31.6. The fraction of sp³-hybridized carbons (Fsp3) is 0.292. The highest BCUT2D eigenvalue weighted by molar-refractivity contribution is 7.20. The third-order valence-electron chi connectivity index (χ3n) is 5.76. The van der Waals surface area contributed by atoms with Gasteiger partial charge < -0.3 is 14.1 Å². The number of aromatic nitrogens is 1. The first-order valence-corrected chi connectivity index (χ1v) is 11.2. The predicted octanol–water partition coefficient (Wildman–Crippen LogP) is 4.70. The van der Waals surface area contributed by atoms with Crippen LogP contribution in [0.4, 0.5) is 0 Å². The first kappa shape index (κ1) is 19.8. The number of rotatable bonds is 3. The van der Waals surface area contributed by atoms with Gasteiger partial charge in [-0.15, -0.1) is 0 Å². The molecule has 0 radical (unpaired) electrons. The normalized spacial score (nSPS) is 15.0. The molecule has 0 bridgehead atoms. The standard InChI is InChI=1S/C24H22N2O4S/c1-14-7-8-15(2)22-21(14)25-24(31-22)29-16-9-11-26(12-10-16)23(28)20-13-18(27)17-5-3-4-6-19(17)30-20/h3-8,13,16H,9-12H2,1-2H3. The average molecular weight is 435 g/mol. The summed E-state index contributed by atoms with van der Waals surface area (Å²) < 4.78 is 13.0. The topological polar surface area (TPSA) is 72.6 Å². The SMILES string of the molecule is Cc1ccc(C)c2sc(OC3CCN(C(=O)c4cc(=O)c5ccccc5o4)CC3)nc12. The highest BCUT2D eigenvalue weighted by atomic mass is 32.1. The van der Waals surface area contributed by atoms with E-state index in [1.165, 1.54) is 11.6 Å². The number of nitrogens with zero attached hydrogens (tertiary/aromatic N) is 2. The molecular formula is C24H22N2O4S. The zero-order valence-electron chi connectivity index (χ0n) is 17.4. The monoisotopic (exact) mass is 434 g/mol. The minimum absolute atomic E-state index is 0.00818. The second-order valence-corrected chi connectivity index (χ2v) is 8.90. The van der Waals surface area contributed by atoms with Gasteiger partial charge >= 0.3 is 0 Å². The van der Waals surface area contributed by atoms with E-state index < -0.39 is 0 Å². The molecule has 31 heavy (non-hydrogen) atoms. The quantitative estimate of drug-likeness (QED) is 0.467. The van der Waals surface area contributed by atoms with Gasteiger partial charge in [0.15, 0.2) is 11.2 Å². The van der Waals surface area contributed by atoms with Crippen molar-refractivity contribution < 1.29 is 13.9 Å². The van der Waals surface area contributed by atoms with Crippen molar-refractivity contribution in [1.29, 1.82) is 0 Å². The van der Waals surface area contributed by atoms with Gasteiger partial charge in [-0.05, 0) is 37.1 Å². The van der Waals surface area contributed by atoms with E-state index in [-0.39, 0.29) is 23.2 Å². The number of aryl methyl sites for hydroxylation is 2. The van der Waals surface area contributed by atoms with Gasteiger partial charge in [-0.25, -0.2) is 4.98 Å². The predicted molar refractivity (Wildman–Crippen MR) is 121 cm³/mol. The van der Waals surface area contributed by atoms with E-state index in [0.717, 1.165) is 15.8 Å². The molecular weight excluding hydrogens is 412 g/mol. The maximum absolute atomic E-state index is 12.9. The molecule has 0 N–H and O–H groups in total. The maximum atomic E-state index is 12.9. The number of para-hydroxylation sites is 1. The molecule has 2 aromatic heterocycles. The van der Waals surface area contributed by atoms with Gasteiger partial charge in [-0.2, -0.15) is 0 Å². The zero-order chi connectivity index (χ0) is 21.5. The molecule has 2 aromatic carbocycles. The van der Waals surface area contributed by atoms with E-state index >= 15 is 0 Å². The van der Waals surface area contributed by atoms with Crippen molar-refractivity contribution in [2.45, 2.75) is 32.8 Å². The second-order valence-electron chi connectivity index (χ2n) is 7.94. The van der Waals surface area contributed by atoms with Crippen LogP contribution in [0, 0.1) is 13.8 Å². The number of thiazole rings is 1. The van der Waals surface area contributed by atoms with Crippen molar-refractivity contribution in [3.05, 3.63) is 69.6 Å². The summed E-state index contributed by atoms with van der Waals surface area (Å²) in [6.07, 6.45) is 1.42. The lowest BCUT2D eigenvalue weighted by Gasteiger charge is -2.31. The number of carbonyl (C=O) groups is 1. The summed E-state index contributed by atoms with van der Waals surface area (Å²) in [5.74, 6) is -0.173. The first-order chi connectivity index (χ1) is 15.0. The molecule has 158 valence electrons. The Morgan fingerprint density at radius 2 is 1.87 bits per heavy atom. The Kier molecular flexibility index (Phi) is 4.98. The van der Waals surface area contributed by atoms with Gasteiger partial charge in [0.25, 0.3) is 11.1 Å². The number of hydrogen-bond acceptors (Lipinski definition) is 6. The van der Waals surface area contributed by atoms with E-state index in [2.05, 4.69) is 31.0 Å². The molecule has 3 heterocycles. The minimum atomic E-state index is -0.257. The molecule has 7 heteroatoms. The Hall–Kier alpha value is -3.19. The second kappa shape index (κ2) is 7.81. The Morgan fingerprint density at radius 1 is 1.13 bits per heavy atom. The number of ether oxygens (including phenoxy) is 1. The molecule has 0 aliphatic carbocycles. The van der Waals surface area contributed by atoms with Crippen LogP contribution >= 0.6 is 11.3 Å². The molecule has 1 amide bonds. The number of piperidine rings is 1. The van der Waals surface area contributed by atoms with Gasteiger partial charge in [0.1, 0.15) is 11.7 Å². The van der Waals surface area contributed by atoms with Gasteiger partial charge in [0.2, 0.25) is 0 Å². The lowest BCUT2D eigenvalue weighted by molar-refractivity contribution is 0.0567. The molecule has 6 nitrogen and oxygen atoms in total. The molecule has 0 spiro atoms. The summed E-state index contributed by atoms with van der Waals surface area (Å²) in [7, 11) is 0. The van der Waals surface area contributed by atoms with Crippen molar-refractivity contribution in [2.24, 2.45) is 0 Å². The van der Waals surface area contributed by atoms with E-state index in [9.17, 15) is 9.59 Å². The molecule has 1 saturated heterocycles. The third kappa shape index (κ3) is 3.70. The number of fused-ring (bicyclic) bond motifs is 2. The van der Waals surface area contributed by atoms with Gasteiger partial charge in [-0.1, -0.05) is 35.6 Å². The van der Waals surface area contributed by atoms with Crippen molar-refractivity contribution in [3.8, 4) is 5.19 Å². The molecule has 5 rings (SSSR count). The fourth-order valence-corrected chi connectivity index (χ4v) is 5.00. The zero-order valence-corrected chi connectivity index (χ0v) is 18.2. The van der Waals surface area contributed by atoms with E-state index in [4.69, 9.17) is 9.15 Å². The fourth-order valence-electron chi connectivity index (χ4n) is 3.97. The maximum Gasteiger partial charge on any atom is 0.289 e. The highest BCUT2D eigenvalue weighted by Gasteiger charge is 2.27. The Bertz CT molecular complexity index is 1310. The van der Waals surface area contributed by atoms with Crippen molar-refractivity contribution in [3.63, 3.8) is 0 Å². The summed E-state index contributed by atoms with van der Waals surface area (Å²) in [5.41, 5.74) is 3.57. The Labute approximate surface area is 183 Å². The van der Waals surface area contributed by atoms with E-state index in [1.807, 2.05) is 0 Å². The van der Waals surface area contributed by atoms with Crippen molar-refractivity contribution in [2.75, 3.05) is 13.1 Å². The van der Waals surface area contributed by atoms with Gasteiger partial charge in [-0.3, -0.25) is 9.59 Å². The number of benzene rings is 2. The molecule has 1 aliphatic heterocycles. The van der Waals surface area contributed by atoms with Gasteiger partial charge in [0, 0.05) is 32.0 Å². The van der Waals surface area contributed by atoms with E-state index in [1.54, 1.807) is 40.5 Å². The Morgan fingerprint density at radius 3 is 2.65 bits per heavy atom. The largest absolute Gasteiger partial charge is 0.467 e. The van der Waals surface area contributed by atoms with Crippen LogP contribution in [0.1, 0.15) is 34.5 Å². The van der Waals surface area contributed by atoms with Crippen LogP contribution in [0.2, 0.25) is 0 Å². The summed E-state index contributed by atoms with van der Waals surface area (Å²) >= 11 is 1.57. The summed E-state index contributed by atoms with van der Waals surface area (Å²) in [6.45, 7) is 5.23. The molecule has 0 unspecified atom stereocenters. The molecule has 0 saturated carbocycles. The van der Waals surface area contributed by atoms with Crippen molar-refractivity contribution in [1.82, 2.24) is 9.88 Å². The molecule has 1 fully saturated rings. The third-order valence-corrected chi connectivity index (χ3v) is 6.85. The number of likely N-dealkylation sites (tertiary alicyclic amines) is 1.